The molecule has 0 amide bonds. The largest absolute Gasteiger partial charge is 0.213 e. The monoisotopic (exact) mass is 202 g/mol. The number of rotatable bonds is 2. The molecule has 1 rings (SSSR count). The summed E-state index contributed by atoms with van der Waals surface area (Å²) in [7, 11) is -3.08. The highest BCUT2D eigenvalue weighted by Crippen LogP contribution is 2.18. The molecule has 0 aromatic rings. The van der Waals surface area contributed by atoms with Crippen molar-refractivity contribution in [2.24, 2.45) is 5.92 Å². The van der Waals surface area contributed by atoms with Gasteiger partial charge in [-0.2, -0.15) is 5.26 Å². The molecule has 1 saturated heterocycles. The van der Waals surface area contributed by atoms with Gasteiger partial charge in [-0.05, 0) is 19.8 Å². The molecule has 4 nitrogen and oxygen atoms in total. The molecule has 0 bridgehead atoms. The van der Waals surface area contributed by atoms with Crippen molar-refractivity contribution in [2.45, 2.75) is 19.8 Å². The number of piperidine rings is 1. The SMILES string of the molecule is CCS(=O)(=O)N1CCC[C@@H](C#N)C1. The Morgan fingerprint density at radius 2 is 2.31 bits per heavy atom. The van der Waals surface area contributed by atoms with E-state index in [1.807, 2.05) is 0 Å². The van der Waals surface area contributed by atoms with Gasteiger partial charge in [0.25, 0.3) is 0 Å². The average Bonchev–Trinajstić information content (AvgIpc) is 2.18. The van der Waals surface area contributed by atoms with Gasteiger partial charge in [0.15, 0.2) is 0 Å². The molecule has 5 heteroatoms. The summed E-state index contributed by atoms with van der Waals surface area (Å²) in [6, 6.07) is 2.12. The summed E-state index contributed by atoms with van der Waals surface area (Å²) < 4.78 is 24.3. The molecule has 1 aliphatic heterocycles. The summed E-state index contributed by atoms with van der Waals surface area (Å²) >= 11 is 0. The van der Waals surface area contributed by atoms with E-state index in [0.29, 0.717) is 13.1 Å². The molecule has 0 aliphatic carbocycles. The number of nitriles is 1. The molecule has 0 spiro atoms. The van der Waals surface area contributed by atoms with E-state index in [1.54, 1.807) is 6.92 Å². The lowest BCUT2D eigenvalue weighted by molar-refractivity contribution is 0.305. The Hall–Kier alpha value is -0.600. The summed E-state index contributed by atoms with van der Waals surface area (Å²) in [5.74, 6) is 0.0144. The lowest BCUT2D eigenvalue weighted by atomic mass is 10.0. The van der Waals surface area contributed by atoms with Crippen LogP contribution in [0.5, 0.6) is 0 Å². The predicted octanol–water partition coefficient (Wildman–Crippen LogP) is 0.572. The third-order valence-electron chi connectivity index (χ3n) is 2.32. The summed E-state index contributed by atoms with van der Waals surface area (Å²) in [6.07, 6.45) is 1.63. The average molecular weight is 202 g/mol. The molecule has 0 aromatic carbocycles. The Bertz CT molecular complexity index is 305. The summed E-state index contributed by atoms with van der Waals surface area (Å²) in [5.41, 5.74) is 0. The van der Waals surface area contributed by atoms with Crippen LogP contribution in [0.1, 0.15) is 19.8 Å². The van der Waals surface area contributed by atoms with E-state index in [2.05, 4.69) is 6.07 Å². The van der Waals surface area contributed by atoms with Gasteiger partial charge >= 0.3 is 0 Å². The molecule has 1 heterocycles. The van der Waals surface area contributed by atoms with Gasteiger partial charge in [-0.1, -0.05) is 0 Å². The third-order valence-corrected chi connectivity index (χ3v) is 4.17. The molecule has 0 unspecified atom stereocenters. The highest BCUT2D eigenvalue weighted by molar-refractivity contribution is 7.89. The fourth-order valence-corrected chi connectivity index (χ4v) is 2.66. The minimum atomic E-state index is -3.08. The maximum absolute atomic E-state index is 11.4. The molecule has 13 heavy (non-hydrogen) atoms. The Morgan fingerprint density at radius 3 is 2.85 bits per heavy atom. The lowest BCUT2D eigenvalue weighted by Gasteiger charge is -2.28. The van der Waals surface area contributed by atoms with Crippen LogP contribution >= 0.6 is 0 Å². The van der Waals surface area contributed by atoms with Crippen LogP contribution < -0.4 is 0 Å². The molecule has 0 N–H and O–H groups in total. The number of nitrogens with zero attached hydrogens (tertiary/aromatic N) is 2. The maximum atomic E-state index is 11.4. The van der Waals surface area contributed by atoms with Gasteiger partial charge in [-0.15, -0.1) is 0 Å². The third kappa shape index (κ3) is 2.42. The highest BCUT2D eigenvalue weighted by atomic mass is 32.2. The van der Waals surface area contributed by atoms with Gasteiger partial charge in [-0.3, -0.25) is 0 Å². The second-order valence-electron chi connectivity index (χ2n) is 3.23. The molecular weight excluding hydrogens is 188 g/mol. The van der Waals surface area contributed by atoms with Crippen LogP contribution in [0.2, 0.25) is 0 Å². The van der Waals surface area contributed by atoms with Crippen LogP contribution in [0.4, 0.5) is 0 Å². The second kappa shape index (κ2) is 4.07. The van der Waals surface area contributed by atoms with Crippen LogP contribution in [0, 0.1) is 17.2 Å². The Kier molecular flexibility index (Phi) is 3.28. The summed E-state index contributed by atoms with van der Waals surface area (Å²) in [4.78, 5) is 0. The zero-order valence-corrected chi connectivity index (χ0v) is 8.55. The lowest BCUT2D eigenvalue weighted by Crippen LogP contribution is -2.40. The van der Waals surface area contributed by atoms with Gasteiger partial charge in [0.1, 0.15) is 0 Å². The topological polar surface area (TPSA) is 61.2 Å². The Morgan fingerprint density at radius 1 is 1.62 bits per heavy atom. The molecule has 0 radical (unpaired) electrons. The predicted molar refractivity (Wildman–Crippen MR) is 49.4 cm³/mol. The maximum Gasteiger partial charge on any atom is 0.213 e. The molecule has 0 saturated carbocycles. The van der Waals surface area contributed by atoms with Gasteiger partial charge < -0.3 is 0 Å². The van der Waals surface area contributed by atoms with E-state index in [-0.39, 0.29) is 11.7 Å². The fraction of sp³-hybridized carbons (Fsp3) is 0.875. The molecular formula is C8H14N2O2S. The molecule has 74 valence electrons. The minimum Gasteiger partial charge on any atom is -0.212 e. The Labute approximate surface area is 79.2 Å². The van der Waals surface area contributed by atoms with Crippen molar-refractivity contribution >= 4 is 10.0 Å². The van der Waals surface area contributed by atoms with Crippen molar-refractivity contribution in [1.82, 2.24) is 4.31 Å². The molecule has 0 aromatic heterocycles. The van der Waals surface area contributed by atoms with Crippen molar-refractivity contribution < 1.29 is 8.42 Å². The van der Waals surface area contributed by atoms with Crippen molar-refractivity contribution in [3.8, 4) is 6.07 Å². The first-order valence-electron chi connectivity index (χ1n) is 4.47. The Balaban J connectivity index is 2.68. The van der Waals surface area contributed by atoms with Crippen molar-refractivity contribution in [3.05, 3.63) is 0 Å². The van der Waals surface area contributed by atoms with Gasteiger partial charge in [0, 0.05) is 13.1 Å². The van der Waals surface area contributed by atoms with Crippen LogP contribution in [0.3, 0.4) is 0 Å². The quantitative estimate of drug-likeness (QED) is 0.657. The van der Waals surface area contributed by atoms with Crippen LogP contribution in [0.25, 0.3) is 0 Å². The van der Waals surface area contributed by atoms with Gasteiger partial charge in [0.2, 0.25) is 10.0 Å². The van der Waals surface area contributed by atoms with Crippen LogP contribution in [0.15, 0.2) is 0 Å². The van der Waals surface area contributed by atoms with E-state index in [9.17, 15) is 8.42 Å². The highest BCUT2D eigenvalue weighted by Gasteiger charge is 2.27. The van der Waals surface area contributed by atoms with Crippen molar-refractivity contribution in [3.63, 3.8) is 0 Å². The smallest absolute Gasteiger partial charge is 0.212 e. The second-order valence-corrected chi connectivity index (χ2v) is 5.48. The molecule has 1 aliphatic rings. The zero-order valence-electron chi connectivity index (χ0n) is 7.73. The first-order valence-corrected chi connectivity index (χ1v) is 6.08. The molecule has 1 fully saturated rings. The van der Waals surface area contributed by atoms with E-state index in [4.69, 9.17) is 5.26 Å². The van der Waals surface area contributed by atoms with E-state index in [1.165, 1.54) is 4.31 Å². The van der Waals surface area contributed by atoms with E-state index < -0.39 is 10.0 Å². The normalized spacial score (nSPS) is 25.4. The van der Waals surface area contributed by atoms with Gasteiger partial charge in [0.05, 0.1) is 17.7 Å². The van der Waals surface area contributed by atoms with Crippen LogP contribution in [-0.2, 0) is 10.0 Å². The van der Waals surface area contributed by atoms with Gasteiger partial charge in [-0.25, -0.2) is 12.7 Å². The number of sulfonamides is 1. The van der Waals surface area contributed by atoms with E-state index in [0.717, 1.165) is 12.8 Å². The molecule has 1 atom stereocenters. The van der Waals surface area contributed by atoms with Crippen molar-refractivity contribution in [1.29, 1.82) is 5.26 Å². The van der Waals surface area contributed by atoms with Crippen molar-refractivity contribution in [2.75, 3.05) is 18.8 Å². The first-order chi connectivity index (χ1) is 6.10. The standard InChI is InChI=1S/C8H14N2O2S/c1-2-13(11,12)10-5-3-4-8(6-9)7-10/h8H,2-5,7H2,1H3/t8-/m0/s1. The zero-order chi connectivity index (χ0) is 9.90. The summed E-state index contributed by atoms with van der Waals surface area (Å²) in [5, 5.41) is 8.68. The first kappa shape index (κ1) is 10.5. The fourth-order valence-electron chi connectivity index (χ4n) is 1.48. The number of hydrogen-bond acceptors (Lipinski definition) is 3. The minimum absolute atomic E-state index is 0.116. The van der Waals surface area contributed by atoms with Crippen LogP contribution in [-0.4, -0.2) is 31.6 Å². The summed E-state index contributed by atoms with van der Waals surface area (Å²) in [6.45, 7) is 2.59. The number of hydrogen-bond donors (Lipinski definition) is 0. The van der Waals surface area contributed by atoms with E-state index >= 15 is 0 Å².